The highest BCUT2D eigenvalue weighted by atomic mass is 16.5. The predicted octanol–water partition coefficient (Wildman–Crippen LogP) is 1.57. The molecule has 9 nitrogen and oxygen atoms in total. The van der Waals surface area contributed by atoms with Gasteiger partial charge in [0, 0.05) is 26.4 Å². The first-order valence-corrected chi connectivity index (χ1v) is 10.7. The SMILES string of the molecule is CCCNC(=O)C[C@@H]1CC[C@H]2[C@H](COc3ccc(NC(=O)COC)cc3C(=O)N2C)O1. The molecule has 0 bridgehead atoms. The number of likely N-dealkylation sites (N-methyl/N-ethyl adjacent to an activating group) is 1. The van der Waals surface area contributed by atoms with Crippen LogP contribution in [0.1, 0.15) is 43.0 Å². The number of hydrogen-bond donors (Lipinski definition) is 2. The Morgan fingerprint density at radius 3 is 2.81 bits per heavy atom. The third-order valence-corrected chi connectivity index (χ3v) is 5.56. The maximum absolute atomic E-state index is 13.2. The highest BCUT2D eigenvalue weighted by Crippen LogP contribution is 2.32. The summed E-state index contributed by atoms with van der Waals surface area (Å²) in [6.07, 6.45) is 2.10. The topological polar surface area (TPSA) is 106 Å². The second-order valence-corrected chi connectivity index (χ2v) is 7.91. The second-order valence-electron chi connectivity index (χ2n) is 7.91. The number of anilines is 1. The Balaban J connectivity index is 1.71. The molecular formula is C22H31N3O6. The van der Waals surface area contributed by atoms with Crippen LogP contribution in [-0.2, 0) is 19.1 Å². The lowest BCUT2D eigenvalue weighted by Crippen LogP contribution is -2.54. The van der Waals surface area contributed by atoms with Crippen LogP contribution < -0.4 is 15.4 Å². The Hall–Kier alpha value is -2.65. The van der Waals surface area contributed by atoms with Gasteiger partial charge in [-0.05, 0) is 37.5 Å². The van der Waals surface area contributed by atoms with Crippen LogP contribution in [-0.4, -0.2) is 74.8 Å². The van der Waals surface area contributed by atoms with Gasteiger partial charge in [0.05, 0.1) is 24.1 Å². The quantitative estimate of drug-likeness (QED) is 0.676. The molecule has 1 fully saturated rings. The standard InChI is InChI=1S/C22H31N3O6/c1-4-9-23-20(26)11-15-6-7-17-19(31-15)12-30-18-8-5-14(24-21(27)13-29-3)10-16(18)22(28)25(17)2/h5,8,10,15,17,19H,4,6-7,9,11-13H2,1-3H3,(H,23,26)(H,24,27)/t15-,17-,19-/m0/s1. The first-order valence-electron chi connectivity index (χ1n) is 10.7. The number of carbonyl (C=O) groups excluding carboxylic acids is 3. The number of amides is 3. The first kappa shape index (κ1) is 23.0. The molecule has 2 aliphatic heterocycles. The van der Waals surface area contributed by atoms with Crippen LogP contribution in [0, 0.1) is 0 Å². The van der Waals surface area contributed by atoms with Crippen molar-refractivity contribution in [2.45, 2.75) is 50.9 Å². The molecule has 1 aromatic carbocycles. The lowest BCUT2D eigenvalue weighted by atomic mass is 9.94. The zero-order valence-corrected chi connectivity index (χ0v) is 18.3. The van der Waals surface area contributed by atoms with Crippen LogP contribution in [0.15, 0.2) is 18.2 Å². The maximum Gasteiger partial charge on any atom is 0.257 e. The number of carbonyl (C=O) groups is 3. The Kier molecular flexibility index (Phi) is 7.86. The van der Waals surface area contributed by atoms with Gasteiger partial charge >= 0.3 is 0 Å². The summed E-state index contributed by atoms with van der Waals surface area (Å²) in [6.45, 7) is 2.87. The molecule has 2 N–H and O–H groups in total. The van der Waals surface area contributed by atoms with E-state index in [9.17, 15) is 14.4 Å². The van der Waals surface area contributed by atoms with Gasteiger partial charge in [-0.15, -0.1) is 0 Å². The molecule has 3 atom stereocenters. The van der Waals surface area contributed by atoms with E-state index in [1.807, 2.05) is 6.92 Å². The molecule has 0 spiro atoms. The minimum Gasteiger partial charge on any atom is -0.490 e. The average molecular weight is 434 g/mol. The molecule has 0 unspecified atom stereocenters. The Bertz CT molecular complexity index is 814. The van der Waals surface area contributed by atoms with E-state index in [0.29, 0.717) is 36.4 Å². The molecule has 3 rings (SSSR count). The molecule has 1 saturated heterocycles. The van der Waals surface area contributed by atoms with Crippen LogP contribution in [0.3, 0.4) is 0 Å². The minimum absolute atomic E-state index is 0.0186. The molecule has 0 aromatic heterocycles. The van der Waals surface area contributed by atoms with Crippen molar-refractivity contribution in [3.05, 3.63) is 23.8 Å². The smallest absolute Gasteiger partial charge is 0.257 e. The van der Waals surface area contributed by atoms with Crippen LogP contribution in [0.25, 0.3) is 0 Å². The number of nitrogens with zero attached hydrogens (tertiary/aromatic N) is 1. The van der Waals surface area contributed by atoms with Crippen molar-refractivity contribution in [2.24, 2.45) is 0 Å². The summed E-state index contributed by atoms with van der Waals surface area (Å²) in [4.78, 5) is 38.7. The fourth-order valence-corrected chi connectivity index (χ4v) is 3.98. The Morgan fingerprint density at radius 1 is 1.26 bits per heavy atom. The summed E-state index contributed by atoms with van der Waals surface area (Å²) in [7, 11) is 3.19. The molecule has 170 valence electrons. The third kappa shape index (κ3) is 5.74. The number of methoxy groups -OCH3 is 1. The Morgan fingerprint density at radius 2 is 2.06 bits per heavy atom. The number of rotatable bonds is 7. The zero-order valence-electron chi connectivity index (χ0n) is 18.3. The molecule has 9 heteroatoms. The van der Waals surface area contributed by atoms with Crippen molar-refractivity contribution in [1.82, 2.24) is 10.2 Å². The maximum atomic E-state index is 13.2. The van der Waals surface area contributed by atoms with E-state index in [1.54, 1.807) is 30.1 Å². The molecule has 2 heterocycles. The van der Waals surface area contributed by atoms with Crippen LogP contribution in [0.4, 0.5) is 5.69 Å². The predicted molar refractivity (Wildman–Crippen MR) is 114 cm³/mol. The molecular weight excluding hydrogens is 402 g/mol. The molecule has 1 aromatic rings. The lowest BCUT2D eigenvalue weighted by molar-refractivity contribution is -0.134. The number of hydrogen-bond acceptors (Lipinski definition) is 6. The summed E-state index contributed by atoms with van der Waals surface area (Å²) in [5.41, 5.74) is 0.888. The van der Waals surface area contributed by atoms with Crippen molar-refractivity contribution >= 4 is 23.4 Å². The van der Waals surface area contributed by atoms with Crippen molar-refractivity contribution in [1.29, 1.82) is 0 Å². The Labute approximate surface area is 182 Å². The number of benzene rings is 1. The lowest BCUT2D eigenvalue weighted by Gasteiger charge is -2.42. The van der Waals surface area contributed by atoms with Gasteiger partial charge in [-0.25, -0.2) is 0 Å². The average Bonchev–Trinajstić information content (AvgIpc) is 2.75. The number of fused-ring (bicyclic) bond motifs is 2. The molecule has 31 heavy (non-hydrogen) atoms. The van der Waals surface area contributed by atoms with Gasteiger partial charge in [0.25, 0.3) is 5.91 Å². The van der Waals surface area contributed by atoms with Gasteiger partial charge in [0.2, 0.25) is 11.8 Å². The molecule has 2 aliphatic rings. The zero-order chi connectivity index (χ0) is 22.4. The number of ether oxygens (including phenoxy) is 3. The minimum atomic E-state index is -0.319. The van der Waals surface area contributed by atoms with E-state index >= 15 is 0 Å². The van der Waals surface area contributed by atoms with Crippen molar-refractivity contribution < 1.29 is 28.6 Å². The monoisotopic (exact) mass is 433 g/mol. The fourth-order valence-electron chi connectivity index (χ4n) is 3.98. The summed E-state index contributed by atoms with van der Waals surface area (Å²) in [5.74, 6) is -0.0820. The molecule has 3 amide bonds. The van der Waals surface area contributed by atoms with Gasteiger partial charge < -0.3 is 29.7 Å². The highest BCUT2D eigenvalue weighted by Gasteiger charge is 2.39. The van der Waals surface area contributed by atoms with E-state index in [1.165, 1.54) is 7.11 Å². The van der Waals surface area contributed by atoms with Gasteiger partial charge in [-0.3, -0.25) is 14.4 Å². The van der Waals surface area contributed by atoms with Gasteiger partial charge in [-0.1, -0.05) is 6.92 Å². The largest absolute Gasteiger partial charge is 0.490 e. The van der Waals surface area contributed by atoms with E-state index in [0.717, 1.165) is 12.8 Å². The van der Waals surface area contributed by atoms with Crippen LogP contribution in [0.5, 0.6) is 5.75 Å². The van der Waals surface area contributed by atoms with E-state index in [-0.39, 0.29) is 49.2 Å². The van der Waals surface area contributed by atoms with E-state index in [2.05, 4.69) is 10.6 Å². The first-order chi connectivity index (χ1) is 14.9. The van der Waals surface area contributed by atoms with Crippen LogP contribution in [0.2, 0.25) is 0 Å². The normalized spacial score (nSPS) is 23.0. The van der Waals surface area contributed by atoms with Gasteiger partial charge in [0.1, 0.15) is 25.1 Å². The molecule has 0 radical (unpaired) electrons. The van der Waals surface area contributed by atoms with E-state index < -0.39 is 0 Å². The molecule has 0 saturated carbocycles. The third-order valence-electron chi connectivity index (χ3n) is 5.56. The summed E-state index contributed by atoms with van der Waals surface area (Å²) in [5, 5.41) is 5.58. The van der Waals surface area contributed by atoms with E-state index in [4.69, 9.17) is 14.2 Å². The van der Waals surface area contributed by atoms with Crippen molar-refractivity contribution in [3.8, 4) is 5.75 Å². The van der Waals surface area contributed by atoms with Crippen molar-refractivity contribution in [2.75, 3.05) is 39.2 Å². The van der Waals surface area contributed by atoms with Crippen LogP contribution >= 0.6 is 0 Å². The summed E-state index contributed by atoms with van der Waals surface area (Å²) >= 11 is 0. The number of nitrogens with one attached hydrogen (secondary N) is 2. The highest BCUT2D eigenvalue weighted by molar-refractivity contribution is 6.00. The fraction of sp³-hybridized carbons (Fsp3) is 0.591. The second kappa shape index (κ2) is 10.6. The molecule has 0 aliphatic carbocycles. The summed E-state index contributed by atoms with van der Waals surface area (Å²) < 4.78 is 16.9. The van der Waals surface area contributed by atoms with Gasteiger partial charge in [-0.2, -0.15) is 0 Å². The van der Waals surface area contributed by atoms with Crippen molar-refractivity contribution in [3.63, 3.8) is 0 Å². The van der Waals surface area contributed by atoms with Gasteiger partial charge in [0.15, 0.2) is 0 Å². The summed E-state index contributed by atoms with van der Waals surface area (Å²) in [6, 6.07) is 4.82.